The Morgan fingerprint density at radius 3 is 2.03 bits per heavy atom. The van der Waals surface area contributed by atoms with Crippen LogP contribution in [0.15, 0.2) is 24.3 Å². The molecule has 2 unspecified atom stereocenters. The Hall–Kier alpha value is -2.24. The quantitative estimate of drug-likeness (QED) is 0.374. The maximum Gasteiger partial charge on any atom is 0.410 e. The molecule has 0 aromatic heterocycles. The summed E-state index contributed by atoms with van der Waals surface area (Å²) in [6.45, 7) is 9.03. The van der Waals surface area contributed by atoms with Gasteiger partial charge in [0.25, 0.3) is 0 Å². The van der Waals surface area contributed by atoms with Crippen LogP contribution in [-0.2, 0) is 11.2 Å². The molecule has 2 aliphatic heterocycles. The summed E-state index contributed by atoms with van der Waals surface area (Å²) in [4.78, 5) is 29.2. The molecule has 3 amide bonds. The number of fused-ring (bicyclic) bond motifs is 2. The minimum absolute atomic E-state index is 0.0355. The Morgan fingerprint density at radius 2 is 1.47 bits per heavy atom. The highest BCUT2D eigenvalue weighted by molar-refractivity contribution is 5.89. The maximum atomic E-state index is 12.9. The third kappa shape index (κ3) is 7.92. The average Bonchev–Trinajstić information content (AvgIpc) is 3.05. The number of carbonyl (C=O) groups excluding carboxylic acids is 2. The van der Waals surface area contributed by atoms with Crippen LogP contribution in [-0.4, -0.2) is 52.7 Å². The Kier molecular flexibility index (Phi) is 9.66. The first kappa shape index (κ1) is 26.4. The number of piperazine rings is 1. The topological polar surface area (TPSA) is 61.9 Å². The first-order valence-electron chi connectivity index (χ1n) is 13.4. The molecule has 34 heavy (non-hydrogen) atoms. The van der Waals surface area contributed by atoms with Gasteiger partial charge in [-0.3, -0.25) is 4.90 Å². The van der Waals surface area contributed by atoms with Gasteiger partial charge in [-0.15, -0.1) is 0 Å². The van der Waals surface area contributed by atoms with Crippen LogP contribution < -0.4 is 5.32 Å². The number of benzene rings is 1. The zero-order chi connectivity index (χ0) is 24.6. The third-order valence-electron chi connectivity index (χ3n) is 6.90. The number of anilines is 1. The molecular weight excluding hydrogens is 426 g/mol. The summed E-state index contributed by atoms with van der Waals surface area (Å²) >= 11 is 0. The molecule has 2 bridgehead atoms. The molecule has 0 aliphatic carbocycles. The first-order chi connectivity index (χ1) is 16.3. The fraction of sp³-hybridized carbons (Fsp3) is 0.714. The van der Waals surface area contributed by atoms with Crippen molar-refractivity contribution < 1.29 is 14.3 Å². The Morgan fingerprint density at radius 1 is 0.912 bits per heavy atom. The van der Waals surface area contributed by atoms with Gasteiger partial charge < -0.3 is 15.0 Å². The Balaban J connectivity index is 1.39. The number of ether oxygens (including phenoxy) is 1. The number of nitrogens with one attached hydrogen (secondary N) is 1. The highest BCUT2D eigenvalue weighted by atomic mass is 16.6. The summed E-state index contributed by atoms with van der Waals surface area (Å²) in [7, 11) is 0. The number of rotatable bonds is 10. The molecule has 2 atom stereocenters. The van der Waals surface area contributed by atoms with Crippen molar-refractivity contribution in [2.24, 2.45) is 0 Å². The molecule has 0 saturated carbocycles. The van der Waals surface area contributed by atoms with Crippen molar-refractivity contribution in [3.05, 3.63) is 29.8 Å². The lowest BCUT2D eigenvalue weighted by Crippen LogP contribution is -2.58. The summed E-state index contributed by atoms with van der Waals surface area (Å²) in [6, 6.07) is 8.24. The Labute approximate surface area is 206 Å². The first-order valence-corrected chi connectivity index (χ1v) is 13.4. The van der Waals surface area contributed by atoms with Crippen LogP contribution in [0.2, 0.25) is 0 Å². The van der Waals surface area contributed by atoms with Crippen molar-refractivity contribution in [3.8, 4) is 0 Å². The molecule has 0 spiro atoms. The summed E-state index contributed by atoms with van der Waals surface area (Å²) in [5, 5.41) is 3.04. The highest BCUT2D eigenvalue weighted by Gasteiger charge is 2.45. The number of nitrogens with zero attached hydrogens (tertiary/aromatic N) is 2. The predicted octanol–water partition coefficient (Wildman–Crippen LogP) is 6.99. The minimum atomic E-state index is -0.508. The zero-order valence-electron chi connectivity index (χ0n) is 21.8. The van der Waals surface area contributed by atoms with Gasteiger partial charge in [-0.1, -0.05) is 64.0 Å². The number of amides is 3. The second-order valence-corrected chi connectivity index (χ2v) is 11.0. The molecule has 1 N–H and O–H groups in total. The monoisotopic (exact) mass is 471 g/mol. The van der Waals surface area contributed by atoms with Crippen molar-refractivity contribution in [2.45, 2.75) is 116 Å². The molecule has 2 saturated heterocycles. The van der Waals surface area contributed by atoms with Crippen LogP contribution in [0.1, 0.15) is 97.5 Å². The minimum Gasteiger partial charge on any atom is -0.444 e. The van der Waals surface area contributed by atoms with E-state index in [1.807, 2.05) is 42.7 Å². The fourth-order valence-corrected chi connectivity index (χ4v) is 5.10. The molecule has 2 aliphatic rings. The number of hydrogen-bond acceptors (Lipinski definition) is 3. The van der Waals surface area contributed by atoms with Gasteiger partial charge in [0.05, 0.1) is 12.1 Å². The smallest absolute Gasteiger partial charge is 0.410 e. The van der Waals surface area contributed by atoms with Crippen molar-refractivity contribution in [3.63, 3.8) is 0 Å². The SMILES string of the molecule is CCCCCCCCCCc1ccc(NC(=O)N2CC3CCC(C2)N3C(=O)OC(C)(C)C)cc1. The number of carbonyl (C=O) groups is 2. The van der Waals surface area contributed by atoms with E-state index in [0.717, 1.165) is 24.9 Å². The summed E-state index contributed by atoms with van der Waals surface area (Å²) < 4.78 is 5.59. The van der Waals surface area contributed by atoms with E-state index in [4.69, 9.17) is 4.74 Å². The third-order valence-corrected chi connectivity index (χ3v) is 6.90. The van der Waals surface area contributed by atoms with Crippen LogP contribution in [0.3, 0.4) is 0 Å². The van der Waals surface area contributed by atoms with Crippen molar-refractivity contribution in [1.82, 2.24) is 9.80 Å². The van der Waals surface area contributed by atoms with Crippen LogP contribution >= 0.6 is 0 Å². The van der Waals surface area contributed by atoms with Gasteiger partial charge in [-0.2, -0.15) is 0 Å². The molecule has 0 radical (unpaired) electrons. The van der Waals surface area contributed by atoms with E-state index in [1.165, 1.54) is 56.9 Å². The van der Waals surface area contributed by atoms with E-state index >= 15 is 0 Å². The van der Waals surface area contributed by atoms with E-state index in [-0.39, 0.29) is 24.2 Å². The lowest BCUT2D eigenvalue weighted by atomic mass is 10.0. The van der Waals surface area contributed by atoms with Crippen LogP contribution in [0, 0.1) is 0 Å². The molecule has 2 heterocycles. The lowest BCUT2D eigenvalue weighted by molar-refractivity contribution is 0.000743. The van der Waals surface area contributed by atoms with Gasteiger partial charge in [0.15, 0.2) is 0 Å². The number of urea groups is 1. The molecule has 2 fully saturated rings. The second-order valence-electron chi connectivity index (χ2n) is 11.0. The fourth-order valence-electron chi connectivity index (χ4n) is 5.10. The Bertz CT molecular complexity index is 773. The summed E-state index contributed by atoms with van der Waals surface area (Å²) in [6.07, 6.45) is 13.3. The van der Waals surface area contributed by atoms with Crippen molar-refractivity contribution in [1.29, 1.82) is 0 Å². The van der Waals surface area contributed by atoms with E-state index in [0.29, 0.717) is 13.1 Å². The average molecular weight is 472 g/mol. The number of likely N-dealkylation sites (tertiary alicyclic amines) is 1. The van der Waals surface area contributed by atoms with Crippen LogP contribution in [0.4, 0.5) is 15.3 Å². The lowest BCUT2D eigenvalue weighted by Gasteiger charge is -2.41. The molecule has 190 valence electrons. The molecule has 6 nitrogen and oxygen atoms in total. The normalized spacial score (nSPS) is 19.9. The second kappa shape index (κ2) is 12.5. The van der Waals surface area contributed by atoms with E-state index in [1.54, 1.807) is 0 Å². The van der Waals surface area contributed by atoms with Gasteiger partial charge in [0, 0.05) is 18.8 Å². The molecule has 3 rings (SSSR count). The summed E-state index contributed by atoms with van der Waals surface area (Å²) in [5.41, 5.74) is 1.64. The molecular formula is C28H45N3O3. The zero-order valence-corrected chi connectivity index (χ0v) is 21.8. The number of unbranched alkanes of at least 4 members (excludes halogenated alkanes) is 7. The van der Waals surface area contributed by atoms with E-state index in [2.05, 4.69) is 24.4 Å². The maximum absolute atomic E-state index is 12.9. The highest BCUT2D eigenvalue weighted by Crippen LogP contribution is 2.32. The van der Waals surface area contributed by atoms with E-state index < -0.39 is 5.60 Å². The van der Waals surface area contributed by atoms with Gasteiger partial charge in [0.1, 0.15) is 5.60 Å². The van der Waals surface area contributed by atoms with Gasteiger partial charge in [-0.05, 0) is 64.2 Å². The summed E-state index contributed by atoms with van der Waals surface area (Å²) in [5.74, 6) is 0. The van der Waals surface area contributed by atoms with E-state index in [9.17, 15) is 9.59 Å². The van der Waals surface area contributed by atoms with Crippen LogP contribution in [0.25, 0.3) is 0 Å². The number of hydrogen-bond donors (Lipinski definition) is 1. The standard InChI is InChI=1S/C28H45N3O3/c1-5-6-7-8-9-10-11-12-13-22-14-16-23(17-15-22)29-26(32)30-20-24-18-19-25(21-30)31(24)27(33)34-28(2,3)4/h14-17,24-25H,5-13,18-21H2,1-4H3,(H,29,32). The molecule has 1 aromatic carbocycles. The van der Waals surface area contributed by atoms with Crippen molar-refractivity contribution in [2.75, 3.05) is 18.4 Å². The van der Waals surface area contributed by atoms with Gasteiger partial charge in [-0.25, -0.2) is 9.59 Å². The predicted molar refractivity (Wildman–Crippen MR) is 138 cm³/mol. The molecule has 1 aromatic rings. The largest absolute Gasteiger partial charge is 0.444 e. The molecule has 6 heteroatoms. The van der Waals surface area contributed by atoms with Gasteiger partial charge in [0.2, 0.25) is 0 Å². The van der Waals surface area contributed by atoms with Crippen LogP contribution in [0.5, 0.6) is 0 Å². The van der Waals surface area contributed by atoms with Crippen molar-refractivity contribution >= 4 is 17.8 Å². The van der Waals surface area contributed by atoms with Gasteiger partial charge >= 0.3 is 12.1 Å². The number of aryl methyl sites for hydroxylation is 1.